The minimum Gasteiger partial charge on any atom is -0.480 e. The van der Waals surface area contributed by atoms with Gasteiger partial charge in [-0.25, -0.2) is 0 Å². The first-order valence-electron chi connectivity index (χ1n) is 4.13. The van der Waals surface area contributed by atoms with Crippen LogP contribution in [-0.2, 0) is 9.53 Å². The van der Waals surface area contributed by atoms with E-state index < -0.39 is 24.5 Å². The summed E-state index contributed by atoms with van der Waals surface area (Å²) < 4.78 is 29.3. The van der Waals surface area contributed by atoms with Crippen LogP contribution in [0.2, 0.25) is 5.31 Å². The molecule has 5 heteroatoms. The van der Waals surface area contributed by atoms with Gasteiger partial charge in [0.05, 0.1) is 6.61 Å². The van der Waals surface area contributed by atoms with Crippen LogP contribution in [0.5, 0.6) is 0 Å². The molecule has 0 aliphatic heterocycles. The van der Waals surface area contributed by atoms with E-state index in [1.54, 1.807) is 6.92 Å². The van der Waals surface area contributed by atoms with Crippen LogP contribution >= 0.6 is 0 Å². The third-order valence-corrected chi connectivity index (χ3v) is 2.53. The first-order valence-corrected chi connectivity index (χ1v) is 4.13. The van der Waals surface area contributed by atoms with Crippen LogP contribution in [-0.4, -0.2) is 19.8 Å². The van der Waals surface area contributed by atoms with Gasteiger partial charge in [-0.3, -0.25) is 4.79 Å². The second kappa shape index (κ2) is 3.03. The van der Waals surface area contributed by atoms with Crippen LogP contribution in [0.25, 0.3) is 0 Å². The largest absolute Gasteiger partial charge is 0.480 e. The van der Waals surface area contributed by atoms with Gasteiger partial charge in [0.15, 0.2) is 0 Å². The molecule has 0 unspecified atom stereocenters. The number of hydrogen-bond acceptors (Lipinski definition) is 2. The number of halogens is 2. The lowest BCUT2D eigenvalue weighted by molar-refractivity contribution is -0.144. The molecule has 0 bridgehead atoms. The number of rotatable bonds is 3. The van der Waals surface area contributed by atoms with Gasteiger partial charge in [-0.05, 0) is 6.92 Å². The first-order chi connectivity index (χ1) is 5.52. The fourth-order valence-electron chi connectivity index (χ4n) is 1.31. The fourth-order valence-corrected chi connectivity index (χ4v) is 1.31. The van der Waals surface area contributed by atoms with Crippen molar-refractivity contribution in [3.63, 3.8) is 0 Å². The minimum absolute atomic E-state index is 0.268. The number of hydrogen-bond donors (Lipinski definition) is 0. The van der Waals surface area contributed by atoms with Gasteiger partial charge >= 0.3 is 5.97 Å². The number of carbonyl (C=O) groups excluding carboxylic acids is 1. The zero-order valence-corrected chi connectivity index (χ0v) is 7.27. The summed E-state index contributed by atoms with van der Waals surface area (Å²) in [5, 5.41) is -1.04. The molecule has 0 aromatic rings. The predicted molar refractivity (Wildman–Crippen MR) is 42.5 cm³/mol. The van der Waals surface area contributed by atoms with Crippen molar-refractivity contribution < 1.29 is 18.2 Å². The lowest BCUT2D eigenvalue weighted by Gasteiger charge is -2.15. The van der Waals surface area contributed by atoms with E-state index in [1.165, 1.54) is 6.92 Å². The van der Waals surface area contributed by atoms with E-state index >= 15 is 0 Å². The molecule has 1 fully saturated rings. The summed E-state index contributed by atoms with van der Waals surface area (Å²) in [5.41, 5.74) is 0. The molecular weight excluding hydrogens is 165 g/mol. The molecule has 1 saturated carbocycles. The average Bonchev–Trinajstić information content (AvgIpc) is 2.65. The Kier molecular flexibility index (Phi) is 2.40. The van der Waals surface area contributed by atoms with Crippen molar-refractivity contribution in [1.82, 2.24) is 0 Å². The molecule has 2 nitrogen and oxygen atoms in total. The Balaban J connectivity index is 2.45. The zero-order chi connectivity index (χ0) is 9.35. The Morgan fingerprint density at radius 1 is 1.75 bits per heavy atom. The highest BCUT2D eigenvalue weighted by molar-refractivity contribution is 6.49. The maximum Gasteiger partial charge on any atom is 0.306 e. The van der Waals surface area contributed by atoms with Crippen LogP contribution in [0.3, 0.4) is 0 Å². The normalized spacial score (nSPS) is 33.6. The van der Waals surface area contributed by atoms with Crippen molar-refractivity contribution in [3.8, 4) is 0 Å². The molecule has 0 heterocycles. The molecule has 70 valence electrons. The summed E-state index contributed by atoms with van der Waals surface area (Å²) in [6.07, 6.45) is 0.291. The number of carbonyl (C=O) groups is 1. The Bertz CT molecular complexity index is 198. The number of ether oxygens (including phenoxy) is 1. The van der Waals surface area contributed by atoms with E-state index in [2.05, 4.69) is 4.74 Å². The summed E-state index contributed by atoms with van der Waals surface area (Å²) in [4.78, 5) is 11.0. The van der Waals surface area contributed by atoms with Crippen molar-refractivity contribution >= 4 is 13.2 Å². The van der Waals surface area contributed by atoms with E-state index in [-0.39, 0.29) is 6.61 Å². The van der Waals surface area contributed by atoms with Gasteiger partial charge in [-0.1, -0.05) is 18.7 Å². The summed E-state index contributed by atoms with van der Waals surface area (Å²) in [6, 6.07) is 0. The first kappa shape index (κ1) is 9.48. The minimum atomic E-state index is -3.18. The van der Waals surface area contributed by atoms with Gasteiger partial charge in [-0.2, -0.15) is 0 Å². The molecule has 0 spiro atoms. The molecule has 1 aliphatic rings. The van der Waals surface area contributed by atoms with Crippen molar-refractivity contribution in [3.05, 3.63) is 0 Å². The van der Waals surface area contributed by atoms with Crippen molar-refractivity contribution in [2.24, 2.45) is 5.92 Å². The van der Waals surface area contributed by atoms with E-state index in [0.29, 0.717) is 6.42 Å². The highest BCUT2D eigenvalue weighted by atomic mass is 19.2. The Hall–Kier alpha value is -0.605. The third-order valence-electron chi connectivity index (χ3n) is 2.53. The fraction of sp³-hybridized carbons (Fsp3) is 0.857. The monoisotopic (exact) mass is 177 g/mol. The number of esters is 1. The summed E-state index contributed by atoms with van der Waals surface area (Å²) in [6.45, 7) is 3.39. The highest BCUT2D eigenvalue weighted by Gasteiger charge is 2.55. The molecule has 0 amide bonds. The predicted octanol–water partition coefficient (Wildman–Crippen LogP) is 1.49. The standard InChI is InChI=1S/C7H12BF2O2/c1-3-12-6(11)5-4-7(5,2)8(9)10/h5,8H,3-4H2,1-2H3/q-1/t5-,7+/m1/s1. The second-order valence-corrected chi connectivity index (χ2v) is 3.53. The quantitative estimate of drug-likeness (QED) is 0.482. The Morgan fingerprint density at radius 3 is 2.67 bits per heavy atom. The van der Waals surface area contributed by atoms with Gasteiger partial charge in [0, 0.05) is 5.92 Å². The molecular formula is C7H12BF2O2-. The maximum absolute atomic E-state index is 12.3. The summed E-state index contributed by atoms with van der Waals surface area (Å²) in [7, 11) is -3.18. The Labute approximate surface area is 70.5 Å². The lowest BCUT2D eigenvalue weighted by Crippen LogP contribution is -2.15. The van der Waals surface area contributed by atoms with Crippen LogP contribution in [0.4, 0.5) is 8.63 Å². The molecule has 1 aliphatic carbocycles. The van der Waals surface area contributed by atoms with E-state index in [1.807, 2.05) is 0 Å². The molecule has 0 N–H and O–H groups in total. The third kappa shape index (κ3) is 1.45. The molecule has 0 radical (unpaired) electrons. The Morgan fingerprint density at radius 2 is 2.33 bits per heavy atom. The average molecular weight is 177 g/mol. The highest BCUT2D eigenvalue weighted by Crippen LogP contribution is 2.62. The topological polar surface area (TPSA) is 26.3 Å². The second-order valence-electron chi connectivity index (χ2n) is 3.53. The van der Waals surface area contributed by atoms with Crippen molar-refractivity contribution in [2.45, 2.75) is 25.6 Å². The molecule has 12 heavy (non-hydrogen) atoms. The molecule has 0 aromatic carbocycles. The smallest absolute Gasteiger partial charge is 0.306 e. The lowest BCUT2D eigenvalue weighted by atomic mass is 9.74. The van der Waals surface area contributed by atoms with Gasteiger partial charge in [0.1, 0.15) is 0 Å². The van der Waals surface area contributed by atoms with Crippen molar-refractivity contribution in [1.29, 1.82) is 0 Å². The van der Waals surface area contributed by atoms with Gasteiger partial charge < -0.3 is 13.4 Å². The van der Waals surface area contributed by atoms with Crippen LogP contribution in [0.1, 0.15) is 20.3 Å². The van der Waals surface area contributed by atoms with Crippen molar-refractivity contribution in [2.75, 3.05) is 6.61 Å². The molecule has 0 saturated heterocycles. The molecule has 2 atom stereocenters. The summed E-state index contributed by atoms with van der Waals surface area (Å²) in [5.74, 6) is -1.01. The van der Waals surface area contributed by atoms with Gasteiger partial charge in [-0.15, -0.1) is 0 Å². The van der Waals surface area contributed by atoms with Crippen LogP contribution in [0, 0.1) is 5.92 Å². The molecule has 1 rings (SSSR count). The zero-order valence-electron chi connectivity index (χ0n) is 7.27. The van der Waals surface area contributed by atoms with E-state index in [4.69, 9.17) is 0 Å². The van der Waals surface area contributed by atoms with Gasteiger partial charge in [0.2, 0.25) is 0 Å². The SMILES string of the molecule is CCOC(=O)[C@H]1C[C@]1(C)[BH-](F)F. The van der Waals surface area contributed by atoms with Crippen LogP contribution in [0.15, 0.2) is 0 Å². The van der Waals surface area contributed by atoms with Crippen LogP contribution < -0.4 is 0 Å². The maximum atomic E-state index is 12.3. The molecule has 0 aromatic heterocycles. The summed E-state index contributed by atoms with van der Waals surface area (Å²) >= 11 is 0. The van der Waals surface area contributed by atoms with E-state index in [0.717, 1.165) is 0 Å². The van der Waals surface area contributed by atoms with Gasteiger partial charge in [0.25, 0.3) is 7.27 Å². The van der Waals surface area contributed by atoms with E-state index in [9.17, 15) is 13.4 Å².